The zero-order valence-corrected chi connectivity index (χ0v) is 14.2. The molecule has 2 N–H and O–H groups in total. The van der Waals surface area contributed by atoms with Crippen molar-refractivity contribution in [2.24, 2.45) is 0 Å². The van der Waals surface area contributed by atoms with E-state index in [1.807, 2.05) is 25.1 Å². The van der Waals surface area contributed by atoms with Crippen LogP contribution in [-0.2, 0) is 14.3 Å². The third-order valence-corrected chi connectivity index (χ3v) is 2.88. The summed E-state index contributed by atoms with van der Waals surface area (Å²) < 4.78 is 10.3. The van der Waals surface area contributed by atoms with Crippen molar-refractivity contribution >= 4 is 34.9 Å². The number of nitrogens with one attached hydrogen (secondary N) is 2. The van der Waals surface area contributed by atoms with Crippen molar-refractivity contribution in [3.63, 3.8) is 0 Å². The zero-order valence-electron chi connectivity index (χ0n) is 13.4. The maximum atomic E-state index is 11.7. The minimum atomic E-state index is -0.401. The first-order chi connectivity index (χ1) is 11.0. The first-order valence-corrected chi connectivity index (χ1v) is 7.95. The lowest BCUT2D eigenvalue weighted by molar-refractivity contribution is -0.144. The zero-order chi connectivity index (χ0) is 17.1. The van der Waals surface area contributed by atoms with Gasteiger partial charge in [-0.1, -0.05) is 13.0 Å². The predicted molar refractivity (Wildman–Crippen MR) is 92.5 cm³/mol. The average Bonchev–Trinajstić information content (AvgIpc) is 2.51. The fourth-order valence-corrected chi connectivity index (χ4v) is 1.92. The van der Waals surface area contributed by atoms with Gasteiger partial charge in [0, 0.05) is 18.2 Å². The number of hydrogen-bond donors (Lipinski definition) is 2. The normalized spacial score (nSPS) is 9.83. The van der Waals surface area contributed by atoms with Crippen molar-refractivity contribution < 1.29 is 19.1 Å². The Balaban J connectivity index is 2.41. The molecule has 0 aliphatic carbocycles. The molecule has 1 aromatic carbocycles. The van der Waals surface area contributed by atoms with E-state index in [0.29, 0.717) is 18.9 Å². The van der Waals surface area contributed by atoms with Crippen LogP contribution in [0.25, 0.3) is 0 Å². The average molecular weight is 338 g/mol. The minimum absolute atomic E-state index is 0.0281. The molecule has 0 saturated carbocycles. The molecule has 7 heteroatoms. The minimum Gasteiger partial charge on any atom is -0.494 e. The highest BCUT2D eigenvalue weighted by Gasteiger charge is 2.09. The highest BCUT2D eigenvalue weighted by atomic mass is 32.1. The van der Waals surface area contributed by atoms with Gasteiger partial charge < -0.3 is 20.1 Å². The Morgan fingerprint density at radius 3 is 2.70 bits per heavy atom. The van der Waals surface area contributed by atoms with Crippen LogP contribution in [0.4, 0.5) is 5.69 Å². The Hall–Kier alpha value is -2.15. The van der Waals surface area contributed by atoms with Crippen molar-refractivity contribution in [2.45, 2.75) is 33.1 Å². The van der Waals surface area contributed by atoms with Gasteiger partial charge in [-0.3, -0.25) is 9.59 Å². The molecule has 1 rings (SSSR count). The summed E-state index contributed by atoms with van der Waals surface area (Å²) in [6.45, 7) is 4.69. The molecule has 0 aliphatic heterocycles. The Labute approximate surface area is 141 Å². The third-order valence-electron chi connectivity index (χ3n) is 2.68. The van der Waals surface area contributed by atoms with Gasteiger partial charge in [0.25, 0.3) is 0 Å². The summed E-state index contributed by atoms with van der Waals surface area (Å²) in [4.78, 5) is 22.9. The van der Waals surface area contributed by atoms with Crippen LogP contribution in [0.1, 0.15) is 33.1 Å². The molecule has 0 bridgehead atoms. The Morgan fingerprint density at radius 2 is 2.00 bits per heavy atom. The lowest BCUT2D eigenvalue weighted by Crippen LogP contribution is -2.34. The highest BCUT2D eigenvalue weighted by molar-refractivity contribution is 7.80. The van der Waals surface area contributed by atoms with E-state index in [0.717, 1.165) is 12.2 Å². The number of amides is 1. The highest BCUT2D eigenvalue weighted by Crippen LogP contribution is 2.17. The molecule has 0 fully saturated rings. The largest absolute Gasteiger partial charge is 0.494 e. The van der Waals surface area contributed by atoms with Crippen LogP contribution < -0.4 is 15.4 Å². The van der Waals surface area contributed by atoms with Crippen LogP contribution in [0.2, 0.25) is 0 Å². The number of rotatable bonds is 8. The molecule has 6 nitrogen and oxygen atoms in total. The molecule has 0 saturated heterocycles. The topological polar surface area (TPSA) is 76.7 Å². The maximum Gasteiger partial charge on any atom is 0.306 e. The number of esters is 1. The molecule has 0 spiro atoms. The second-order valence-corrected chi connectivity index (χ2v) is 5.09. The van der Waals surface area contributed by atoms with Gasteiger partial charge in [-0.15, -0.1) is 0 Å². The van der Waals surface area contributed by atoms with Crippen LogP contribution in [0.5, 0.6) is 5.75 Å². The molecule has 0 atom stereocenters. The van der Waals surface area contributed by atoms with E-state index in [1.54, 1.807) is 13.0 Å². The summed E-state index contributed by atoms with van der Waals surface area (Å²) in [5.74, 6) is -0.00969. The van der Waals surface area contributed by atoms with Crippen molar-refractivity contribution in [1.82, 2.24) is 5.32 Å². The van der Waals surface area contributed by atoms with E-state index in [1.165, 1.54) is 0 Å². The molecule has 0 aliphatic rings. The van der Waals surface area contributed by atoms with Crippen LogP contribution in [0.15, 0.2) is 24.3 Å². The van der Waals surface area contributed by atoms with Gasteiger partial charge in [-0.25, -0.2) is 0 Å². The molecule has 23 heavy (non-hydrogen) atoms. The van der Waals surface area contributed by atoms with Gasteiger partial charge in [0.05, 0.1) is 19.6 Å². The van der Waals surface area contributed by atoms with Crippen LogP contribution in [0.3, 0.4) is 0 Å². The van der Waals surface area contributed by atoms with Gasteiger partial charge in [0.1, 0.15) is 5.75 Å². The van der Waals surface area contributed by atoms with Crippen LogP contribution in [-0.4, -0.2) is 30.2 Å². The lowest BCUT2D eigenvalue weighted by Gasteiger charge is -2.11. The smallest absolute Gasteiger partial charge is 0.306 e. The van der Waals surface area contributed by atoms with Crippen molar-refractivity contribution in [3.05, 3.63) is 24.3 Å². The first-order valence-electron chi connectivity index (χ1n) is 7.54. The predicted octanol–water partition coefficient (Wildman–Crippen LogP) is 2.63. The summed E-state index contributed by atoms with van der Waals surface area (Å²) in [7, 11) is 0. The molecule has 0 radical (unpaired) electrons. The number of ether oxygens (including phenoxy) is 2. The van der Waals surface area contributed by atoms with E-state index in [2.05, 4.69) is 10.6 Å². The second-order valence-electron chi connectivity index (χ2n) is 4.68. The third kappa shape index (κ3) is 8.15. The Kier molecular flexibility index (Phi) is 8.67. The number of carbonyl (C=O) groups excluding carboxylic acids is 2. The van der Waals surface area contributed by atoms with E-state index in [9.17, 15) is 9.59 Å². The molecule has 126 valence electrons. The number of anilines is 1. The quantitative estimate of drug-likeness (QED) is 0.560. The van der Waals surface area contributed by atoms with Gasteiger partial charge in [-0.2, -0.15) is 0 Å². The van der Waals surface area contributed by atoms with E-state index in [4.69, 9.17) is 21.7 Å². The van der Waals surface area contributed by atoms with E-state index in [-0.39, 0.29) is 23.9 Å². The van der Waals surface area contributed by atoms with Crippen LogP contribution in [0, 0.1) is 0 Å². The standard InChI is InChI=1S/C16H22N2O4S/c1-3-10-22-13-7-5-6-12(11-13)17-16(23)18-14(19)8-9-15(20)21-4-2/h5-7,11H,3-4,8-10H2,1-2H3,(H2,17,18,19,23). The SMILES string of the molecule is CCCOc1cccc(NC(=S)NC(=O)CCC(=O)OCC)c1. The van der Waals surface area contributed by atoms with Gasteiger partial charge in [-0.05, 0) is 37.7 Å². The molecule has 0 heterocycles. The second kappa shape index (κ2) is 10.6. The fraction of sp³-hybridized carbons (Fsp3) is 0.438. The molecule has 1 aromatic rings. The molecular weight excluding hydrogens is 316 g/mol. The molecule has 0 unspecified atom stereocenters. The fourth-order valence-electron chi connectivity index (χ4n) is 1.68. The maximum absolute atomic E-state index is 11.7. The van der Waals surface area contributed by atoms with E-state index < -0.39 is 5.97 Å². The Morgan fingerprint density at radius 1 is 1.22 bits per heavy atom. The van der Waals surface area contributed by atoms with Crippen LogP contribution >= 0.6 is 12.2 Å². The van der Waals surface area contributed by atoms with Crippen molar-refractivity contribution in [1.29, 1.82) is 0 Å². The lowest BCUT2D eigenvalue weighted by atomic mass is 10.3. The number of carbonyl (C=O) groups is 2. The number of hydrogen-bond acceptors (Lipinski definition) is 5. The summed E-state index contributed by atoms with van der Waals surface area (Å²) in [6, 6.07) is 7.29. The van der Waals surface area contributed by atoms with E-state index >= 15 is 0 Å². The van der Waals surface area contributed by atoms with Crippen molar-refractivity contribution in [3.8, 4) is 5.75 Å². The Bertz CT molecular complexity index is 549. The number of thiocarbonyl (C=S) groups is 1. The molecular formula is C16H22N2O4S. The van der Waals surface area contributed by atoms with Crippen molar-refractivity contribution in [2.75, 3.05) is 18.5 Å². The monoisotopic (exact) mass is 338 g/mol. The summed E-state index contributed by atoms with van der Waals surface area (Å²) >= 11 is 5.07. The van der Waals surface area contributed by atoms with Gasteiger partial charge in [0.15, 0.2) is 5.11 Å². The molecule has 0 aromatic heterocycles. The first kappa shape index (κ1) is 18.9. The molecule has 1 amide bonds. The summed E-state index contributed by atoms with van der Waals surface area (Å²) in [6.07, 6.45) is 0.982. The number of benzene rings is 1. The van der Waals surface area contributed by atoms with Gasteiger partial charge in [0.2, 0.25) is 5.91 Å². The van der Waals surface area contributed by atoms with Gasteiger partial charge >= 0.3 is 5.97 Å². The summed E-state index contributed by atoms with van der Waals surface area (Å²) in [5, 5.41) is 5.60. The summed E-state index contributed by atoms with van der Waals surface area (Å²) in [5.41, 5.74) is 0.717.